The second kappa shape index (κ2) is 10.7. The van der Waals surface area contributed by atoms with Crippen molar-refractivity contribution < 1.29 is 17.9 Å². The second-order valence-electron chi connectivity index (χ2n) is 9.23. The molecule has 35 heavy (non-hydrogen) atoms. The zero-order chi connectivity index (χ0) is 26.0. The summed E-state index contributed by atoms with van der Waals surface area (Å²) in [5.74, 6) is 0.487. The van der Waals surface area contributed by atoms with Gasteiger partial charge in [-0.15, -0.1) is 23.1 Å². The molecule has 11 heteroatoms. The van der Waals surface area contributed by atoms with Gasteiger partial charge in [0, 0.05) is 17.5 Å². The number of ether oxygens (including phenoxy) is 1. The van der Waals surface area contributed by atoms with Gasteiger partial charge in [0.1, 0.15) is 5.69 Å². The van der Waals surface area contributed by atoms with Crippen molar-refractivity contribution in [1.82, 2.24) is 9.55 Å². The van der Waals surface area contributed by atoms with Crippen molar-refractivity contribution in [2.24, 2.45) is 5.41 Å². The number of rotatable bonds is 10. The molecule has 0 atom stereocenters. The molecular formula is C24H31N3O5S3. The third-order valence-corrected chi connectivity index (χ3v) is 9.59. The molecule has 1 aromatic carbocycles. The first kappa shape index (κ1) is 27.2. The van der Waals surface area contributed by atoms with E-state index in [1.54, 1.807) is 23.9 Å². The van der Waals surface area contributed by atoms with Gasteiger partial charge < -0.3 is 4.74 Å². The zero-order valence-electron chi connectivity index (χ0n) is 20.8. The maximum absolute atomic E-state index is 13.0. The van der Waals surface area contributed by atoms with Gasteiger partial charge in [0.2, 0.25) is 0 Å². The van der Waals surface area contributed by atoms with Gasteiger partial charge in [0.25, 0.3) is 10.0 Å². The molecule has 0 spiro atoms. The number of esters is 1. The van der Waals surface area contributed by atoms with Crippen LogP contribution in [0.4, 0.5) is 5.82 Å². The van der Waals surface area contributed by atoms with E-state index in [0.29, 0.717) is 12.3 Å². The van der Waals surface area contributed by atoms with Crippen LogP contribution >= 0.6 is 23.1 Å². The van der Waals surface area contributed by atoms with Gasteiger partial charge in [0.15, 0.2) is 5.82 Å². The molecule has 0 unspecified atom stereocenters. The molecule has 1 aromatic rings. The Hall–Kier alpha value is -2.37. The first-order valence-electron chi connectivity index (χ1n) is 11.2. The average molecular weight is 538 g/mol. The minimum absolute atomic E-state index is 0.0338. The predicted molar refractivity (Wildman–Crippen MR) is 141 cm³/mol. The summed E-state index contributed by atoms with van der Waals surface area (Å²) in [7, 11) is -3.92. The predicted octanol–water partition coefficient (Wildman–Crippen LogP) is 4.92. The highest BCUT2D eigenvalue weighted by molar-refractivity contribution is 8.01. The van der Waals surface area contributed by atoms with Gasteiger partial charge >= 0.3 is 11.7 Å². The van der Waals surface area contributed by atoms with E-state index in [1.165, 1.54) is 35.0 Å². The lowest BCUT2D eigenvalue weighted by atomic mass is 9.87. The van der Waals surface area contributed by atoms with Crippen molar-refractivity contribution in [3.05, 3.63) is 50.9 Å². The lowest BCUT2D eigenvalue weighted by Gasteiger charge is -2.24. The number of thioether (sulfide) groups is 1. The average Bonchev–Trinajstić information content (AvgIpc) is 3.06. The molecule has 1 N–H and O–H groups in total. The van der Waals surface area contributed by atoms with Crippen LogP contribution in [-0.2, 0) is 19.6 Å². The molecule has 0 aromatic heterocycles. The van der Waals surface area contributed by atoms with Crippen LogP contribution < -0.4 is 10.4 Å². The molecule has 0 fully saturated rings. The summed E-state index contributed by atoms with van der Waals surface area (Å²) in [6, 6.07) is 6.50. The smallest absolute Gasteiger partial charge is 0.354 e. The highest BCUT2D eigenvalue weighted by Crippen LogP contribution is 2.40. The first-order valence-corrected chi connectivity index (χ1v) is 14.5. The van der Waals surface area contributed by atoms with Crippen LogP contribution in [0.1, 0.15) is 49.7 Å². The first-order chi connectivity index (χ1) is 16.3. The number of sulfonamides is 1. The maximum atomic E-state index is 13.0. The molecule has 2 aliphatic rings. The summed E-state index contributed by atoms with van der Waals surface area (Å²) in [4.78, 5) is 28.9. The number of imidazole rings is 1. The third kappa shape index (κ3) is 6.65. The van der Waals surface area contributed by atoms with Gasteiger partial charge in [-0.25, -0.2) is 13.2 Å². The van der Waals surface area contributed by atoms with E-state index in [2.05, 4.69) is 23.6 Å². The number of anilines is 1. The van der Waals surface area contributed by atoms with Crippen molar-refractivity contribution >= 4 is 44.9 Å². The Labute approximate surface area is 214 Å². The number of aryl methyl sites for hydroxylation is 2. The van der Waals surface area contributed by atoms with E-state index >= 15 is 0 Å². The number of nitrogens with one attached hydrogen (secondary N) is 1. The lowest BCUT2D eigenvalue weighted by molar-refractivity contribution is -0.141. The summed E-state index contributed by atoms with van der Waals surface area (Å²) in [6.45, 7) is 11.6. The van der Waals surface area contributed by atoms with E-state index in [1.807, 2.05) is 20.8 Å². The third-order valence-electron chi connectivity index (χ3n) is 5.79. The number of carbonyl (C=O) groups excluding carboxylic acids is 1. The van der Waals surface area contributed by atoms with E-state index < -0.39 is 15.7 Å². The topological polar surface area (TPSA) is 107 Å². The van der Waals surface area contributed by atoms with Crippen LogP contribution in [0.2, 0.25) is 0 Å². The Morgan fingerprint density at radius 1 is 1.17 bits per heavy atom. The summed E-state index contributed by atoms with van der Waals surface area (Å²) < 4.78 is 36.0. The molecule has 8 nitrogen and oxygen atoms in total. The monoisotopic (exact) mass is 537 g/mol. The zero-order valence-corrected chi connectivity index (χ0v) is 23.2. The highest BCUT2D eigenvalue weighted by atomic mass is 32.2. The van der Waals surface area contributed by atoms with Crippen LogP contribution in [0.15, 0.2) is 38.2 Å². The Bertz CT molecular complexity index is 1340. The van der Waals surface area contributed by atoms with E-state index in [4.69, 9.17) is 4.74 Å². The molecule has 0 amide bonds. The van der Waals surface area contributed by atoms with Crippen LogP contribution in [0, 0.1) is 26.2 Å². The normalized spacial score (nSPS) is 12.2. The Balaban J connectivity index is 1.88. The largest absolute Gasteiger partial charge is 0.466 e. The summed E-state index contributed by atoms with van der Waals surface area (Å²) >= 11 is 3.08. The van der Waals surface area contributed by atoms with Crippen molar-refractivity contribution in [1.29, 1.82) is 0 Å². The van der Waals surface area contributed by atoms with Crippen LogP contribution in [-0.4, -0.2) is 36.3 Å². The highest BCUT2D eigenvalue weighted by Gasteiger charge is 2.27. The molecule has 0 saturated carbocycles. The van der Waals surface area contributed by atoms with Gasteiger partial charge in [-0.1, -0.05) is 31.5 Å². The van der Waals surface area contributed by atoms with Crippen molar-refractivity contribution in [3.8, 4) is 5.69 Å². The van der Waals surface area contributed by atoms with Crippen molar-refractivity contribution in [2.75, 3.05) is 17.1 Å². The molecule has 190 valence electrons. The number of fused-ring (bicyclic) bond motifs is 1. The van der Waals surface area contributed by atoms with Gasteiger partial charge in [-0.05, 0) is 56.9 Å². The molecule has 2 aliphatic heterocycles. The number of hydrogen-bond donors (Lipinski definition) is 1. The minimum atomic E-state index is -3.92. The minimum Gasteiger partial charge on any atom is -0.466 e. The summed E-state index contributed by atoms with van der Waals surface area (Å²) in [6.07, 6.45) is 1.57. The van der Waals surface area contributed by atoms with E-state index in [9.17, 15) is 18.0 Å². The Morgan fingerprint density at radius 2 is 1.83 bits per heavy atom. The fourth-order valence-corrected chi connectivity index (χ4v) is 7.24. The molecule has 0 aliphatic carbocycles. The number of aromatic nitrogens is 2. The summed E-state index contributed by atoms with van der Waals surface area (Å²) in [5.41, 5.74) is 1.58. The molecular weight excluding hydrogens is 506 g/mol. The van der Waals surface area contributed by atoms with Crippen LogP contribution in [0.25, 0.3) is 5.69 Å². The van der Waals surface area contributed by atoms with Gasteiger partial charge in [0.05, 0.1) is 15.7 Å². The van der Waals surface area contributed by atoms with Crippen LogP contribution in [0.5, 0.6) is 0 Å². The number of nitrogens with zero attached hydrogens (tertiary/aromatic N) is 2. The maximum Gasteiger partial charge on any atom is 0.354 e. The number of benzene rings is 1. The molecule has 0 saturated heterocycles. The molecule has 3 rings (SSSR count). The van der Waals surface area contributed by atoms with Crippen molar-refractivity contribution in [2.45, 2.75) is 63.5 Å². The lowest BCUT2D eigenvalue weighted by Crippen LogP contribution is -2.18. The van der Waals surface area contributed by atoms with E-state index in [0.717, 1.165) is 38.9 Å². The van der Waals surface area contributed by atoms with Gasteiger partial charge in [-0.3, -0.25) is 14.1 Å². The molecule has 0 bridgehead atoms. The number of carbonyl (C=O) groups is 1. The van der Waals surface area contributed by atoms with Crippen molar-refractivity contribution in [3.63, 3.8) is 0 Å². The number of hydrogen-bond acceptors (Lipinski definition) is 8. The molecule has 0 radical (unpaired) electrons. The SMILES string of the molecule is CC(=O)OCCC(C)(C)CCSc1sc(C)c(C)n2c(=O)nc(NS(=O)(=O)c3ccc(C)cc3)c1-2. The van der Waals surface area contributed by atoms with Gasteiger partial charge in [-0.2, -0.15) is 4.98 Å². The van der Waals surface area contributed by atoms with Crippen LogP contribution in [0.3, 0.4) is 0 Å². The Morgan fingerprint density at radius 3 is 2.46 bits per heavy atom. The quantitative estimate of drug-likeness (QED) is 0.289. The fraction of sp³-hybridized carbons (Fsp3) is 0.458. The summed E-state index contributed by atoms with van der Waals surface area (Å²) in [5, 5.41) is 0. The fourth-order valence-electron chi connectivity index (χ4n) is 3.41. The standard InChI is InChI=1S/C24H31N3O5S3/c1-15-7-9-19(10-8-15)35(30,31)26-21-20-22(34-17(3)16(2)27(20)23(29)25-21)33-14-12-24(5,6)11-13-32-18(4)28/h7-10H,11-14H2,1-6H3,(H,25,26,29). The Kier molecular flexibility index (Phi) is 8.33. The second-order valence-corrected chi connectivity index (χ2v) is 13.5. The molecule has 2 heterocycles. The van der Waals surface area contributed by atoms with E-state index in [-0.39, 0.29) is 22.1 Å².